The van der Waals surface area contributed by atoms with Gasteiger partial charge in [-0.25, -0.2) is 0 Å². The second-order valence-corrected chi connectivity index (χ2v) is 5.96. The SMILES string of the molecule is CCCCCCC(C#CC12CCCCC1O2)OC(C)=O. The fourth-order valence-electron chi connectivity index (χ4n) is 2.94. The van der Waals surface area contributed by atoms with Crippen LogP contribution in [0.5, 0.6) is 0 Å². The zero-order valence-corrected chi connectivity index (χ0v) is 12.7. The minimum Gasteiger partial charge on any atom is -0.449 e. The Balaban J connectivity index is 1.85. The van der Waals surface area contributed by atoms with Crippen molar-refractivity contribution in [3.63, 3.8) is 0 Å². The number of esters is 1. The van der Waals surface area contributed by atoms with Gasteiger partial charge in [0.1, 0.15) is 0 Å². The summed E-state index contributed by atoms with van der Waals surface area (Å²) in [7, 11) is 0. The first-order chi connectivity index (χ1) is 9.66. The van der Waals surface area contributed by atoms with Crippen LogP contribution in [0.4, 0.5) is 0 Å². The summed E-state index contributed by atoms with van der Waals surface area (Å²) in [6.07, 6.45) is 10.2. The lowest BCUT2D eigenvalue weighted by Gasteiger charge is -2.13. The highest BCUT2D eigenvalue weighted by Gasteiger charge is 2.56. The van der Waals surface area contributed by atoms with Gasteiger partial charge < -0.3 is 9.47 Å². The number of carbonyl (C=O) groups excluding carboxylic acids is 1. The first kappa shape index (κ1) is 15.4. The fraction of sp³-hybridized carbons (Fsp3) is 0.824. The van der Waals surface area contributed by atoms with Crippen molar-refractivity contribution >= 4 is 5.97 Å². The summed E-state index contributed by atoms with van der Waals surface area (Å²) < 4.78 is 11.1. The lowest BCUT2D eigenvalue weighted by Crippen LogP contribution is -2.19. The monoisotopic (exact) mass is 278 g/mol. The lowest BCUT2D eigenvalue weighted by molar-refractivity contribution is -0.144. The molecule has 0 spiro atoms. The summed E-state index contributed by atoms with van der Waals surface area (Å²) in [5.74, 6) is 6.19. The smallest absolute Gasteiger partial charge is 0.303 e. The highest BCUT2D eigenvalue weighted by molar-refractivity contribution is 5.66. The van der Waals surface area contributed by atoms with E-state index in [4.69, 9.17) is 9.47 Å². The van der Waals surface area contributed by atoms with Crippen molar-refractivity contribution in [1.82, 2.24) is 0 Å². The van der Waals surface area contributed by atoms with Crippen LogP contribution in [0.25, 0.3) is 0 Å². The number of carbonyl (C=O) groups is 1. The molecule has 20 heavy (non-hydrogen) atoms. The molecule has 0 aromatic rings. The third-order valence-corrected chi connectivity index (χ3v) is 4.15. The highest BCUT2D eigenvalue weighted by Crippen LogP contribution is 2.47. The zero-order valence-electron chi connectivity index (χ0n) is 12.7. The Morgan fingerprint density at radius 2 is 2.25 bits per heavy atom. The molecule has 0 N–H and O–H groups in total. The van der Waals surface area contributed by atoms with E-state index in [2.05, 4.69) is 18.8 Å². The van der Waals surface area contributed by atoms with Crippen molar-refractivity contribution in [2.24, 2.45) is 0 Å². The Bertz CT molecular complexity index is 393. The molecule has 2 fully saturated rings. The van der Waals surface area contributed by atoms with Gasteiger partial charge in [0.25, 0.3) is 0 Å². The molecule has 0 bridgehead atoms. The Labute approximate surface area is 122 Å². The second kappa shape index (κ2) is 7.13. The quantitative estimate of drug-likeness (QED) is 0.322. The largest absolute Gasteiger partial charge is 0.449 e. The van der Waals surface area contributed by atoms with Crippen LogP contribution in [0.15, 0.2) is 0 Å². The highest BCUT2D eigenvalue weighted by atomic mass is 16.6. The molecule has 0 aromatic carbocycles. The zero-order chi connectivity index (χ0) is 14.4. The van der Waals surface area contributed by atoms with E-state index in [0.717, 1.165) is 25.7 Å². The van der Waals surface area contributed by atoms with Crippen LogP contribution < -0.4 is 0 Å². The molecule has 3 unspecified atom stereocenters. The molecule has 2 rings (SSSR count). The number of hydrogen-bond donors (Lipinski definition) is 0. The van der Waals surface area contributed by atoms with E-state index >= 15 is 0 Å². The average molecular weight is 278 g/mol. The summed E-state index contributed by atoms with van der Waals surface area (Å²) in [5.41, 5.74) is -0.194. The minimum absolute atomic E-state index is 0.194. The molecule has 3 atom stereocenters. The Hall–Kier alpha value is -1.01. The van der Waals surface area contributed by atoms with Crippen LogP contribution >= 0.6 is 0 Å². The molecule has 1 saturated heterocycles. The van der Waals surface area contributed by atoms with Gasteiger partial charge in [0, 0.05) is 6.92 Å². The number of ether oxygens (including phenoxy) is 2. The topological polar surface area (TPSA) is 38.8 Å². The van der Waals surface area contributed by atoms with Gasteiger partial charge in [0.15, 0.2) is 11.7 Å². The molecule has 0 radical (unpaired) electrons. The maximum atomic E-state index is 11.2. The van der Waals surface area contributed by atoms with Gasteiger partial charge in [-0.15, -0.1) is 0 Å². The maximum Gasteiger partial charge on any atom is 0.303 e. The van der Waals surface area contributed by atoms with E-state index in [1.807, 2.05) is 0 Å². The lowest BCUT2D eigenvalue weighted by atomic mass is 9.89. The third-order valence-electron chi connectivity index (χ3n) is 4.15. The number of hydrogen-bond acceptors (Lipinski definition) is 3. The molecule has 1 aliphatic heterocycles. The molecule has 3 heteroatoms. The van der Waals surface area contributed by atoms with Crippen molar-refractivity contribution in [1.29, 1.82) is 0 Å². The van der Waals surface area contributed by atoms with Crippen molar-refractivity contribution in [2.45, 2.75) is 89.4 Å². The van der Waals surface area contributed by atoms with Gasteiger partial charge in [0.2, 0.25) is 0 Å². The summed E-state index contributed by atoms with van der Waals surface area (Å²) >= 11 is 0. The first-order valence-electron chi connectivity index (χ1n) is 8.04. The molecular weight excluding hydrogens is 252 g/mol. The third kappa shape index (κ3) is 4.24. The molecule has 1 aliphatic carbocycles. The summed E-state index contributed by atoms with van der Waals surface area (Å²) in [4.78, 5) is 11.2. The number of epoxide rings is 1. The number of unbranched alkanes of at least 4 members (excludes halogenated alkanes) is 3. The Kier molecular flexibility index (Phi) is 5.48. The van der Waals surface area contributed by atoms with Crippen LogP contribution in [0.1, 0.15) is 71.6 Å². The minimum atomic E-state index is -0.259. The second-order valence-electron chi connectivity index (χ2n) is 5.96. The van der Waals surface area contributed by atoms with E-state index < -0.39 is 0 Å². The first-order valence-corrected chi connectivity index (χ1v) is 8.04. The number of rotatable bonds is 6. The predicted molar refractivity (Wildman–Crippen MR) is 78.2 cm³/mol. The average Bonchev–Trinajstić information content (AvgIpc) is 3.15. The standard InChI is InChI=1S/C17H26O3/c1-3-4-5-6-9-15(19-14(2)18)11-13-17-12-8-7-10-16(17)20-17/h15-16H,3-10,12H2,1-2H3. The van der Waals surface area contributed by atoms with E-state index in [9.17, 15) is 4.79 Å². The van der Waals surface area contributed by atoms with Crippen LogP contribution in [0.3, 0.4) is 0 Å². The molecular formula is C17H26O3. The van der Waals surface area contributed by atoms with Crippen molar-refractivity contribution in [3.8, 4) is 11.8 Å². The van der Waals surface area contributed by atoms with E-state index in [1.54, 1.807) is 0 Å². The van der Waals surface area contributed by atoms with Gasteiger partial charge in [0.05, 0.1) is 6.10 Å². The molecule has 0 aromatic heterocycles. The summed E-state index contributed by atoms with van der Waals surface area (Å²) in [5, 5.41) is 0. The molecule has 112 valence electrons. The van der Waals surface area contributed by atoms with Crippen molar-refractivity contribution in [3.05, 3.63) is 0 Å². The van der Waals surface area contributed by atoms with Crippen molar-refractivity contribution < 1.29 is 14.3 Å². The van der Waals surface area contributed by atoms with Crippen LogP contribution in [-0.2, 0) is 14.3 Å². The van der Waals surface area contributed by atoms with Gasteiger partial charge in [-0.05, 0) is 32.1 Å². The van der Waals surface area contributed by atoms with Gasteiger partial charge in [-0.2, -0.15) is 0 Å². The number of fused-ring (bicyclic) bond motifs is 1. The predicted octanol–water partition coefficient (Wildman–Crippen LogP) is 3.60. The molecule has 1 heterocycles. The Morgan fingerprint density at radius 3 is 2.95 bits per heavy atom. The van der Waals surface area contributed by atoms with Crippen LogP contribution in [0, 0.1) is 11.8 Å². The van der Waals surface area contributed by atoms with E-state index in [0.29, 0.717) is 6.10 Å². The van der Waals surface area contributed by atoms with Gasteiger partial charge in [-0.3, -0.25) is 4.79 Å². The molecule has 2 aliphatic rings. The van der Waals surface area contributed by atoms with Gasteiger partial charge in [-0.1, -0.05) is 44.4 Å². The van der Waals surface area contributed by atoms with E-state index in [-0.39, 0.29) is 17.7 Å². The summed E-state index contributed by atoms with van der Waals surface area (Å²) in [6.45, 7) is 3.65. The molecule has 3 nitrogen and oxygen atoms in total. The maximum absolute atomic E-state index is 11.2. The van der Waals surface area contributed by atoms with Crippen molar-refractivity contribution in [2.75, 3.05) is 0 Å². The molecule has 1 saturated carbocycles. The van der Waals surface area contributed by atoms with Gasteiger partial charge >= 0.3 is 5.97 Å². The van der Waals surface area contributed by atoms with E-state index in [1.165, 1.54) is 39.0 Å². The molecule has 0 amide bonds. The van der Waals surface area contributed by atoms with Crippen LogP contribution in [0.2, 0.25) is 0 Å². The summed E-state index contributed by atoms with van der Waals surface area (Å²) in [6, 6.07) is 0. The van der Waals surface area contributed by atoms with Crippen LogP contribution in [-0.4, -0.2) is 23.8 Å². The normalized spacial score (nSPS) is 28.8. The Morgan fingerprint density at radius 1 is 1.40 bits per heavy atom. The fourth-order valence-corrected chi connectivity index (χ4v) is 2.94.